The summed E-state index contributed by atoms with van der Waals surface area (Å²) in [7, 11) is 0. The van der Waals surface area contributed by atoms with Crippen molar-refractivity contribution in [3.8, 4) is 12.0 Å². The van der Waals surface area contributed by atoms with E-state index in [9.17, 15) is 14.4 Å². The molecule has 0 bridgehead atoms. The molecule has 0 aromatic heterocycles. The molecule has 1 aliphatic heterocycles. The van der Waals surface area contributed by atoms with Crippen LogP contribution in [-0.4, -0.2) is 27.8 Å². The van der Waals surface area contributed by atoms with Crippen LogP contribution in [0.5, 0.6) is 0 Å². The number of rotatable bonds is 0. The Morgan fingerprint density at radius 2 is 2.00 bits per heavy atom. The average molecular weight is 250 g/mol. The van der Waals surface area contributed by atoms with Gasteiger partial charge in [-0.25, -0.2) is 4.79 Å². The number of imide groups is 1. The molecule has 17 heavy (non-hydrogen) atoms. The van der Waals surface area contributed by atoms with Crippen molar-refractivity contribution in [3.63, 3.8) is 0 Å². The van der Waals surface area contributed by atoms with E-state index >= 15 is 0 Å². The van der Waals surface area contributed by atoms with Crippen molar-refractivity contribution in [2.75, 3.05) is 0 Å². The van der Waals surface area contributed by atoms with Crippen LogP contribution < -0.4 is 0 Å². The van der Waals surface area contributed by atoms with Gasteiger partial charge >= 0.3 is 5.97 Å². The Hall–Kier alpha value is -2.32. The summed E-state index contributed by atoms with van der Waals surface area (Å²) in [5.74, 6) is -1.08. The van der Waals surface area contributed by atoms with Gasteiger partial charge in [-0.3, -0.25) is 9.59 Å². The summed E-state index contributed by atoms with van der Waals surface area (Å²) < 4.78 is 0. The fraction of sp³-hybridized carbons (Fsp3) is 0. The second-order valence-corrected chi connectivity index (χ2v) is 3.56. The van der Waals surface area contributed by atoms with Crippen LogP contribution in [0, 0.1) is 12.0 Å². The summed E-state index contributed by atoms with van der Waals surface area (Å²) in [5, 5.41) is 8.51. The van der Waals surface area contributed by atoms with Crippen LogP contribution in [0.3, 0.4) is 0 Å². The lowest BCUT2D eigenvalue weighted by atomic mass is 10.1. The molecule has 0 fully saturated rings. The van der Waals surface area contributed by atoms with E-state index in [1.165, 1.54) is 18.2 Å². The number of carboxylic acids is 1. The first-order valence-electron chi connectivity index (χ1n) is 4.44. The molecular formula is C11H4ClNO4. The maximum absolute atomic E-state index is 11.8. The second-order valence-electron chi connectivity index (χ2n) is 3.15. The zero-order valence-corrected chi connectivity index (χ0v) is 8.99. The summed E-state index contributed by atoms with van der Waals surface area (Å²) in [6.45, 7) is 0. The predicted octanol–water partition coefficient (Wildman–Crippen LogP) is 0.982. The second kappa shape index (κ2) is 3.92. The molecule has 0 saturated heterocycles. The van der Waals surface area contributed by atoms with Crippen molar-refractivity contribution in [2.24, 2.45) is 0 Å². The lowest BCUT2D eigenvalue weighted by molar-refractivity contribution is -0.130. The molecule has 6 heteroatoms. The molecule has 0 unspecified atom stereocenters. The van der Waals surface area contributed by atoms with E-state index < -0.39 is 17.8 Å². The van der Waals surface area contributed by atoms with Crippen molar-refractivity contribution in [2.45, 2.75) is 0 Å². The number of amides is 2. The fourth-order valence-electron chi connectivity index (χ4n) is 1.45. The lowest BCUT2D eigenvalue weighted by Crippen LogP contribution is -2.24. The van der Waals surface area contributed by atoms with Crippen LogP contribution in [0.25, 0.3) is 0 Å². The largest absolute Gasteiger partial charge is 0.472 e. The lowest BCUT2D eigenvalue weighted by Gasteiger charge is -2.01. The summed E-state index contributed by atoms with van der Waals surface area (Å²) in [5.41, 5.74) is 0.182. The molecule has 1 aliphatic rings. The molecule has 0 aliphatic carbocycles. The minimum Gasteiger partial charge on any atom is -0.472 e. The molecule has 0 saturated carbocycles. The summed E-state index contributed by atoms with van der Waals surface area (Å²) in [4.78, 5) is 34.3. The minimum atomic E-state index is -1.42. The highest BCUT2D eigenvalue weighted by Gasteiger charge is 2.36. The van der Waals surface area contributed by atoms with Crippen LogP contribution in [0.1, 0.15) is 20.7 Å². The number of carbonyl (C=O) groups excluding carboxylic acids is 2. The van der Waals surface area contributed by atoms with Gasteiger partial charge in [0.15, 0.2) is 0 Å². The van der Waals surface area contributed by atoms with Gasteiger partial charge in [0.25, 0.3) is 11.8 Å². The molecule has 2 amide bonds. The first kappa shape index (κ1) is 11.2. The van der Waals surface area contributed by atoms with Gasteiger partial charge in [-0.2, -0.15) is 4.90 Å². The molecule has 1 N–H and O–H groups in total. The summed E-state index contributed by atoms with van der Waals surface area (Å²) in [6, 6.07) is 6.42. The third-order valence-corrected chi connectivity index (χ3v) is 2.45. The molecule has 0 spiro atoms. The van der Waals surface area contributed by atoms with Crippen LogP contribution in [0.15, 0.2) is 18.2 Å². The van der Waals surface area contributed by atoms with E-state index in [2.05, 4.69) is 0 Å². The molecule has 1 heterocycles. The Balaban J connectivity index is 2.51. The van der Waals surface area contributed by atoms with Crippen molar-refractivity contribution in [1.82, 2.24) is 4.90 Å². The maximum Gasteiger partial charge on any atom is 0.383 e. The van der Waals surface area contributed by atoms with Crippen LogP contribution in [-0.2, 0) is 4.79 Å². The summed E-state index contributed by atoms with van der Waals surface area (Å²) in [6.07, 6.45) is 0. The smallest absolute Gasteiger partial charge is 0.383 e. The molecular weight excluding hydrogens is 246 g/mol. The fourth-order valence-corrected chi connectivity index (χ4v) is 1.70. The molecule has 0 atom stereocenters. The Morgan fingerprint density at radius 3 is 2.59 bits per heavy atom. The SMILES string of the molecule is O=C(O)C#CN1C(=O)c2cccc(Cl)c2C1=O. The monoisotopic (exact) mass is 249 g/mol. The van der Waals surface area contributed by atoms with Crippen molar-refractivity contribution in [1.29, 1.82) is 0 Å². The highest BCUT2D eigenvalue weighted by Crippen LogP contribution is 2.28. The molecule has 0 radical (unpaired) electrons. The van der Waals surface area contributed by atoms with E-state index in [4.69, 9.17) is 16.7 Å². The third kappa shape index (κ3) is 1.75. The molecule has 5 nitrogen and oxygen atoms in total. The number of benzene rings is 1. The van der Waals surface area contributed by atoms with Gasteiger partial charge in [-0.15, -0.1) is 0 Å². The predicted molar refractivity (Wildman–Crippen MR) is 57.4 cm³/mol. The van der Waals surface area contributed by atoms with Crippen molar-refractivity contribution < 1.29 is 19.5 Å². The Labute approximate surface area is 101 Å². The number of carboxylic acid groups (broad SMARTS) is 1. The number of nitrogens with zero attached hydrogens (tertiary/aromatic N) is 1. The van der Waals surface area contributed by atoms with E-state index in [0.717, 1.165) is 0 Å². The van der Waals surface area contributed by atoms with Crippen molar-refractivity contribution in [3.05, 3.63) is 34.3 Å². The van der Waals surface area contributed by atoms with Crippen LogP contribution in [0.4, 0.5) is 0 Å². The molecule has 1 aromatic carbocycles. The molecule has 84 valence electrons. The number of hydrogen-bond donors (Lipinski definition) is 1. The minimum absolute atomic E-state index is 0.0545. The number of aliphatic carboxylic acids is 1. The zero-order chi connectivity index (χ0) is 12.6. The van der Waals surface area contributed by atoms with Gasteiger partial charge in [0.1, 0.15) is 0 Å². The van der Waals surface area contributed by atoms with Crippen LogP contribution >= 0.6 is 11.6 Å². The van der Waals surface area contributed by atoms with E-state index in [1.54, 1.807) is 5.92 Å². The van der Waals surface area contributed by atoms with Gasteiger partial charge in [-0.1, -0.05) is 17.7 Å². The number of hydrogen-bond acceptors (Lipinski definition) is 3. The Morgan fingerprint density at radius 1 is 1.29 bits per heavy atom. The third-order valence-electron chi connectivity index (χ3n) is 2.14. The molecule has 2 rings (SSSR count). The van der Waals surface area contributed by atoms with Gasteiger partial charge < -0.3 is 5.11 Å². The van der Waals surface area contributed by atoms with Gasteiger partial charge in [0.05, 0.1) is 16.1 Å². The topological polar surface area (TPSA) is 74.7 Å². The standard InChI is InChI=1S/C11H4ClNO4/c12-7-3-1-2-6-9(7)11(17)13(10(6)16)5-4-8(14)15/h1-3H,(H,14,15). The molecule has 1 aromatic rings. The number of carbonyl (C=O) groups is 3. The van der Waals surface area contributed by atoms with Gasteiger partial charge in [-0.05, 0) is 12.1 Å². The number of fused-ring (bicyclic) bond motifs is 1. The highest BCUT2D eigenvalue weighted by atomic mass is 35.5. The quantitative estimate of drug-likeness (QED) is 0.549. The number of halogens is 1. The van der Waals surface area contributed by atoms with Gasteiger partial charge in [0.2, 0.25) is 0 Å². The Bertz CT molecular complexity index is 612. The normalized spacial score (nSPS) is 13.1. The average Bonchev–Trinajstić information content (AvgIpc) is 2.50. The zero-order valence-electron chi connectivity index (χ0n) is 8.23. The Kier molecular flexibility index (Phi) is 2.58. The van der Waals surface area contributed by atoms with Crippen LogP contribution in [0.2, 0.25) is 5.02 Å². The first-order valence-corrected chi connectivity index (χ1v) is 4.82. The van der Waals surface area contributed by atoms with E-state index in [1.807, 2.05) is 6.04 Å². The maximum atomic E-state index is 11.8. The first-order chi connectivity index (χ1) is 8.02. The van der Waals surface area contributed by atoms with E-state index in [-0.39, 0.29) is 16.1 Å². The van der Waals surface area contributed by atoms with Crippen molar-refractivity contribution >= 4 is 29.4 Å². The van der Waals surface area contributed by atoms with Gasteiger partial charge in [0, 0.05) is 12.0 Å². The summed E-state index contributed by atoms with van der Waals surface area (Å²) >= 11 is 5.79. The highest BCUT2D eigenvalue weighted by molar-refractivity contribution is 6.37. The van der Waals surface area contributed by atoms with E-state index in [0.29, 0.717) is 4.90 Å².